The Hall–Kier alpha value is -13.9. The third-order valence-electron chi connectivity index (χ3n) is 17.8. The minimum Gasteiger partial charge on any atom is -0.508 e. The fourth-order valence-electron chi connectivity index (χ4n) is 12.5. The highest BCUT2D eigenvalue weighted by Gasteiger charge is 2.33. The monoisotopic (exact) mass is 1610 g/mol. The number of aryl methyl sites for hydroxylation is 3. The van der Waals surface area contributed by atoms with E-state index in [1.165, 1.54) is 90.5 Å². The molecule has 0 fully saturated rings. The van der Waals surface area contributed by atoms with Gasteiger partial charge in [0, 0.05) is 94.5 Å². The molecular formula is C90H74Cl2O24. The summed E-state index contributed by atoms with van der Waals surface area (Å²) in [6.07, 6.45) is 6.01. The molecular weight excluding hydrogens is 1540 g/mol. The molecule has 15 rings (SSSR count). The number of benzene rings is 10. The standard InChI is InChI=1S/C20H20O6.C20H18O5.C19H13ClO6.C16H14O3.C15H9ClO4/c1-11-8-16(26-13(3)22)9-18-19(11)20(23)17(10-24-18)14-4-6-15(7-5-14)25-12(2)21;1-12-8-18(25-14(3)22)10-20-19(12)9-16(11-23-20)15-4-6-17(7-5-15)24-13(2)21;1-10(21)25-13-5-3-12(4-6-13)15-9-24-17-8-18(26-11(2)22)16(20)7-14(17)19(15)23;1-10-6-14(18)8-16-15(10)7-12(9-19-16)11-2-4-13(17)5-3-11;16-12-5-10-14(6-13(12)18)20-7-11(15(10)19)8-1-3-9(17)4-2-8/h4-9,17,20,23H,10H2,1-3H3;4-10H,11H2,1-3H3;3-9H,1-2H3;2-8,17-18H,9H2,1H3;1-7,17-18H. The Morgan fingerprint density at radius 3 is 1.26 bits per heavy atom. The quantitative estimate of drug-likeness (QED) is 0.0593. The average Bonchev–Trinajstić information content (AvgIpc) is 0.793. The Morgan fingerprint density at radius 1 is 0.397 bits per heavy atom. The van der Waals surface area contributed by atoms with Crippen LogP contribution >= 0.6 is 23.2 Å². The maximum Gasteiger partial charge on any atom is 0.308 e. The van der Waals surface area contributed by atoms with Crippen LogP contribution in [-0.4, -0.2) is 81.2 Å². The molecule has 0 bridgehead atoms. The summed E-state index contributed by atoms with van der Waals surface area (Å²) in [6.45, 7) is 14.8. The van der Waals surface area contributed by atoms with Crippen molar-refractivity contribution in [3.63, 3.8) is 0 Å². The predicted octanol–water partition coefficient (Wildman–Crippen LogP) is 17.7. The van der Waals surface area contributed by atoms with Crippen molar-refractivity contribution in [1.29, 1.82) is 0 Å². The van der Waals surface area contributed by atoms with E-state index in [-0.39, 0.29) is 96.6 Å². The summed E-state index contributed by atoms with van der Waals surface area (Å²) in [4.78, 5) is 91.5. The van der Waals surface area contributed by atoms with E-state index in [0.717, 1.165) is 55.7 Å². The van der Waals surface area contributed by atoms with Gasteiger partial charge in [0.25, 0.3) is 0 Å². The summed E-state index contributed by atoms with van der Waals surface area (Å²) in [5, 5.41) is 49.3. The molecule has 0 saturated heterocycles. The lowest BCUT2D eigenvalue weighted by atomic mass is 9.85. The van der Waals surface area contributed by atoms with Crippen molar-refractivity contribution in [3.8, 4) is 97.0 Å². The van der Waals surface area contributed by atoms with E-state index < -0.39 is 24.0 Å². The molecule has 2 aromatic heterocycles. The number of phenolic OH excluding ortho intramolecular Hbond substituents is 4. The molecule has 10 aromatic carbocycles. The minimum absolute atomic E-state index is 0.0904. The van der Waals surface area contributed by atoms with Crippen molar-refractivity contribution in [2.24, 2.45) is 0 Å². The molecule has 12 aromatic rings. The van der Waals surface area contributed by atoms with Gasteiger partial charge in [0.2, 0.25) is 10.9 Å². The summed E-state index contributed by atoms with van der Waals surface area (Å²) in [5.74, 6) is 1.98. The maximum absolute atomic E-state index is 12.8. The number of phenols is 4. The number of halogens is 2. The van der Waals surface area contributed by atoms with Gasteiger partial charge in [-0.15, -0.1) is 0 Å². The molecule has 5 heterocycles. The highest BCUT2D eigenvalue weighted by atomic mass is 35.5. The Bertz CT molecular complexity index is 5960. The maximum atomic E-state index is 12.8. The first-order chi connectivity index (χ1) is 55.3. The van der Waals surface area contributed by atoms with E-state index in [2.05, 4.69) is 12.2 Å². The van der Waals surface area contributed by atoms with Crippen LogP contribution < -0.4 is 53.5 Å². The van der Waals surface area contributed by atoms with Gasteiger partial charge in [0.05, 0.1) is 44.7 Å². The zero-order valence-electron chi connectivity index (χ0n) is 63.7. The molecule has 26 heteroatoms. The normalized spacial score (nSPS) is 13.3. The lowest BCUT2D eigenvalue weighted by Gasteiger charge is -2.32. The Kier molecular flexibility index (Phi) is 26.3. The van der Waals surface area contributed by atoms with E-state index in [9.17, 15) is 63.9 Å². The topological polar surface area (TPSA) is 347 Å². The van der Waals surface area contributed by atoms with Crippen LogP contribution in [0.15, 0.2) is 213 Å². The largest absolute Gasteiger partial charge is 0.508 e. The molecule has 2 atom stereocenters. The average molecular weight is 1610 g/mol. The first kappa shape index (κ1) is 83.0. The molecule has 24 nitrogen and oxygen atoms in total. The van der Waals surface area contributed by atoms with E-state index in [1.54, 1.807) is 103 Å². The van der Waals surface area contributed by atoms with Crippen molar-refractivity contribution >= 4 is 104 Å². The second-order valence-electron chi connectivity index (χ2n) is 26.6. The van der Waals surface area contributed by atoms with Gasteiger partial charge in [-0.1, -0.05) is 83.9 Å². The van der Waals surface area contributed by atoms with Gasteiger partial charge in [-0.3, -0.25) is 38.4 Å². The lowest BCUT2D eigenvalue weighted by Crippen LogP contribution is -2.25. The SMILES string of the molecule is CC(=O)Oc1ccc(-c2coc3cc(OC(C)=O)c(Cl)cc3c2=O)cc1.CC(=O)Oc1ccc(C2=Cc3c(C)cc(OC(C)=O)cc3OC2)cc1.CC(=O)Oc1ccc(C2COc3cc(OC(C)=O)cc(C)c3C2O)cc1.Cc1cc(O)cc2c1C=C(c1ccc(O)cc1)CO2.O=c1c(-c2ccc(O)cc2)coc2cc(O)c(Cl)cc12. The first-order valence-corrected chi connectivity index (χ1v) is 36.4. The number of carbonyl (C=O) groups excluding carboxylic acids is 6. The molecule has 116 heavy (non-hydrogen) atoms. The van der Waals surface area contributed by atoms with E-state index in [0.29, 0.717) is 92.4 Å². The van der Waals surface area contributed by atoms with Crippen LogP contribution in [0.1, 0.15) is 104 Å². The first-order valence-electron chi connectivity index (χ1n) is 35.6. The number of hydrogen-bond acceptors (Lipinski definition) is 24. The Balaban J connectivity index is 0.000000143. The van der Waals surface area contributed by atoms with Crippen LogP contribution in [0, 0.1) is 20.8 Å². The van der Waals surface area contributed by atoms with Crippen molar-refractivity contribution in [1.82, 2.24) is 0 Å². The second kappa shape index (κ2) is 36.7. The molecule has 2 unspecified atom stereocenters. The van der Waals surface area contributed by atoms with Gasteiger partial charge in [0.1, 0.15) is 106 Å². The number of aliphatic hydroxyl groups excluding tert-OH is 1. The molecule has 0 amide bonds. The van der Waals surface area contributed by atoms with Gasteiger partial charge in [-0.2, -0.15) is 0 Å². The fraction of sp³-hybridized carbons (Fsp3) is 0.156. The summed E-state index contributed by atoms with van der Waals surface area (Å²) in [6, 6.07) is 49.7. The fourth-order valence-corrected chi connectivity index (χ4v) is 12.9. The Morgan fingerprint density at radius 2 is 0.784 bits per heavy atom. The molecule has 0 saturated carbocycles. The highest BCUT2D eigenvalue weighted by molar-refractivity contribution is 6.33. The van der Waals surface area contributed by atoms with Gasteiger partial charge in [-0.25, -0.2) is 0 Å². The summed E-state index contributed by atoms with van der Waals surface area (Å²) in [7, 11) is 0. The van der Waals surface area contributed by atoms with Crippen LogP contribution in [0.25, 0.3) is 67.5 Å². The van der Waals surface area contributed by atoms with Crippen LogP contribution in [0.2, 0.25) is 10.0 Å². The van der Waals surface area contributed by atoms with Crippen molar-refractivity contribution in [3.05, 3.63) is 275 Å². The minimum atomic E-state index is -0.760. The summed E-state index contributed by atoms with van der Waals surface area (Å²) >= 11 is 11.9. The third-order valence-corrected chi connectivity index (χ3v) is 18.4. The summed E-state index contributed by atoms with van der Waals surface area (Å²) in [5.41, 5.74) is 12.2. The van der Waals surface area contributed by atoms with Gasteiger partial charge < -0.3 is 77.0 Å². The van der Waals surface area contributed by atoms with Crippen LogP contribution in [0.4, 0.5) is 0 Å². The zero-order chi connectivity index (χ0) is 83.3. The van der Waals surface area contributed by atoms with Crippen molar-refractivity contribution in [2.75, 3.05) is 19.8 Å². The molecule has 3 aliphatic rings. The molecule has 3 aliphatic heterocycles. The molecule has 0 radical (unpaired) electrons. The molecule has 0 aliphatic carbocycles. The highest BCUT2D eigenvalue weighted by Crippen LogP contribution is 2.45. The van der Waals surface area contributed by atoms with Crippen LogP contribution in [-0.2, 0) is 28.8 Å². The van der Waals surface area contributed by atoms with Crippen molar-refractivity contribution < 1.29 is 106 Å². The Labute approximate surface area is 672 Å². The second-order valence-corrected chi connectivity index (χ2v) is 27.4. The number of hydrogen-bond donors (Lipinski definition) is 5. The molecule has 0 spiro atoms. The molecule has 5 N–H and O–H groups in total. The third kappa shape index (κ3) is 20.8. The number of esters is 6. The van der Waals surface area contributed by atoms with Gasteiger partial charge in [-0.05, 0) is 180 Å². The van der Waals surface area contributed by atoms with Crippen molar-refractivity contribution in [2.45, 2.75) is 74.3 Å². The molecule has 592 valence electrons. The van der Waals surface area contributed by atoms with Crippen LogP contribution in [0.3, 0.4) is 0 Å². The zero-order valence-corrected chi connectivity index (χ0v) is 65.2. The van der Waals surface area contributed by atoms with Gasteiger partial charge >= 0.3 is 35.8 Å². The lowest BCUT2D eigenvalue weighted by molar-refractivity contribution is -0.132. The van der Waals surface area contributed by atoms with E-state index in [1.807, 2.05) is 63.2 Å². The van der Waals surface area contributed by atoms with Crippen LogP contribution in [0.5, 0.6) is 74.7 Å². The number of fused-ring (bicyclic) bond motifs is 5. The van der Waals surface area contributed by atoms with Gasteiger partial charge in [0.15, 0.2) is 5.75 Å². The van der Waals surface area contributed by atoms with E-state index in [4.69, 9.17) is 74.7 Å². The number of carbonyl (C=O) groups is 6. The van der Waals surface area contributed by atoms with E-state index >= 15 is 0 Å². The number of aromatic hydroxyl groups is 4. The predicted molar refractivity (Wildman–Crippen MR) is 433 cm³/mol. The number of rotatable bonds is 11. The summed E-state index contributed by atoms with van der Waals surface area (Å²) < 4.78 is 58.5. The smallest absolute Gasteiger partial charge is 0.308 e. The number of ether oxygens (including phenoxy) is 9. The number of aliphatic hydroxyl groups is 1.